The highest BCUT2D eigenvalue weighted by molar-refractivity contribution is 5.95. The highest BCUT2D eigenvalue weighted by atomic mass is 16.5. The monoisotopic (exact) mass is 450 g/mol. The number of hydrogen-bond donors (Lipinski definition) is 4. The highest BCUT2D eigenvalue weighted by Gasteiger charge is 2.14. The topological polar surface area (TPSA) is 168 Å². The summed E-state index contributed by atoms with van der Waals surface area (Å²) in [6, 6.07) is 8.79. The fourth-order valence-corrected chi connectivity index (χ4v) is 2.29. The Kier molecular flexibility index (Phi) is 12.6. The van der Waals surface area contributed by atoms with Crippen LogP contribution in [-0.4, -0.2) is 71.7 Å². The van der Waals surface area contributed by atoms with Crippen molar-refractivity contribution in [1.29, 1.82) is 0 Å². The number of carboxylic acids is 2. The van der Waals surface area contributed by atoms with E-state index in [1.807, 2.05) is 0 Å². The van der Waals surface area contributed by atoms with Crippen LogP contribution >= 0.6 is 0 Å². The maximum Gasteiger partial charge on any atom is 0.337 e. The summed E-state index contributed by atoms with van der Waals surface area (Å²) in [5.74, 6) is -3.03. The Labute approximate surface area is 184 Å². The molecule has 0 heterocycles. The molecule has 0 spiro atoms. The fraction of sp³-hybridized carbons (Fsp3) is 0.273. The summed E-state index contributed by atoms with van der Waals surface area (Å²) in [4.78, 5) is 43.6. The van der Waals surface area contributed by atoms with E-state index in [2.05, 4.69) is 9.47 Å². The van der Waals surface area contributed by atoms with Crippen LogP contribution in [-0.2, 0) is 9.47 Å². The number of carbonyl (C=O) groups is 4. The van der Waals surface area contributed by atoms with Crippen LogP contribution in [0.15, 0.2) is 36.4 Å². The van der Waals surface area contributed by atoms with Crippen molar-refractivity contribution in [2.45, 2.75) is 13.8 Å². The molecule has 0 saturated heterocycles. The Morgan fingerprint density at radius 1 is 0.719 bits per heavy atom. The maximum atomic E-state index is 11.1. The van der Waals surface area contributed by atoms with Gasteiger partial charge in [-0.25, -0.2) is 19.2 Å². The van der Waals surface area contributed by atoms with Crippen LogP contribution in [0.25, 0.3) is 0 Å². The van der Waals surface area contributed by atoms with Gasteiger partial charge in [-0.2, -0.15) is 0 Å². The molecule has 2 rings (SSSR count). The number of esters is 2. The van der Waals surface area contributed by atoms with E-state index in [4.69, 9.17) is 20.4 Å². The Bertz CT molecular complexity index is 877. The zero-order valence-electron chi connectivity index (χ0n) is 18.1. The zero-order chi connectivity index (χ0) is 24.8. The van der Waals surface area contributed by atoms with Crippen molar-refractivity contribution in [3.8, 4) is 0 Å². The summed E-state index contributed by atoms with van der Waals surface area (Å²) in [7, 11) is 2.57. The quantitative estimate of drug-likeness (QED) is 0.494. The van der Waals surface area contributed by atoms with Gasteiger partial charge in [0.25, 0.3) is 0 Å². The molecule has 10 heteroatoms. The summed E-state index contributed by atoms with van der Waals surface area (Å²) in [5.41, 5.74) is 1.95. The van der Waals surface area contributed by atoms with Crippen molar-refractivity contribution < 1.29 is 49.1 Å². The predicted molar refractivity (Wildman–Crippen MR) is 113 cm³/mol. The van der Waals surface area contributed by atoms with Crippen LogP contribution < -0.4 is 0 Å². The first kappa shape index (κ1) is 28.2. The standard InChI is InChI=1S/2C10H10O4.C2H6O2/c1-13-9(11)7-4-3-5-8(6-7)10(12)14-2;1-5-6(2)8(10(13)14)4-3-7(5)9(11)12;3-1-2-4/h3-6H,1-2H3;3-4H,1-2H3,(H,11,12)(H,13,14);3-4H,1-2H2. The molecule has 0 unspecified atom stereocenters. The van der Waals surface area contributed by atoms with Crippen LogP contribution in [0.5, 0.6) is 0 Å². The van der Waals surface area contributed by atoms with Crippen molar-refractivity contribution in [3.63, 3.8) is 0 Å². The second-order valence-corrected chi connectivity index (χ2v) is 6.03. The SMILES string of the molecule is COC(=O)c1cccc(C(=O)OC)c1.Cc1c(C(=O)O)ccc(C(=O)O)c1C.OCCO. The van der Waals surface area contributed by atoms with E-state index in [9.17, 15) is 19.2 Å². The first-order valence-electron chi connectivity index (χ1n) is 9.10. The fourth-order valence-electron chi connectivity index (χ4n) is 2.29. The normalized spacial score (nSPS) is 9.31. The minimum Gasteiger partial charge on any atom is -0.478 e. The largest absolute Gasteiger partial charge is 0.478 e. The van der Waals surface area contributed by atoms with Crippen LogP contribution in [0, 0.1) is 13.8 Å². The average molecular weight is 450 g/mol. The van der Waals surface area contributed by atoms with Gasteiger partial charge in [0.2, 0.25) is 0 Å². The molecule has 10 nitrogen and oxygen atoms in total. The Morgan fingerprint density at radius 3 is 1.31 bits per heavy atom. The van der Waals surface area contributed by atoms with E-state index in [-0.39, 0.29) is 24.3 Å². The molecule has 0 saturated carbocycles. The molecular weight excluding hydrogens is 424 g/mol. The minimum absolute atomic E-state index is 0.125. The molecule has 0 aromatic heterocycles. The first-order valence-corrected chi connectivity index (χ1v) is 9.10. The molecular formula is C22H26O10. The third-order valence-corrected chi connectivity index (χ3v) is 4.05. The summed E-state index contributed by atoms with van der Waals surface area (Å²) in [6.45, 7) is 2.95. The van der Waals surface area contributed by atoms with E-state index >= 15 is 0 Å². The number of rotatable bonds is 5. The van der Waals surface area contributed by atoms with Crippen molar-refractivity contribution in [3.05, 3.63) is 69.8 Å². The molecule has 174 valence electrons. The second kappa shape index (κ2) is 14.3. The van der Waals surface area contributed by atoms with Crippen LogP contribution in [0.2, 0.25) is 0 Å². The molecule has 2 aromatic carbocycles. The van der Waals surface area contributed by atoms with Crippen molar-refractivity contribution >= 4 is 23.9 Å². The van der Waals surface area contributed by atoms with Gasteiger partial charge in [0.15, 0.2) is 0 Å². The number of hydrogen-bond acceptors (Lipinski definition) is 8. The summed E-state index contributed by atoms with van der Waals surface area (Å²) >= 11 is 0. The number of aromatic carboxylic acids is 2. The summed E-state index contributed by atoms with van der Waals surface area (Å²) < 4.78 is 9.03. The second-order valence-electron chi connectivity index (χ2n) is 6.03. The zero-order valence-corrected chi connectivity index (χ0v) is 18.1. The molecule has 0 fully saturated rings. The van der Waals surface area contributed by atoms with Gasteiger partial charge in [0, 0.05) is 0 Å². The molecule has 0 bridgehead atoms. The van der Waals surface area contributed by atoms with E-state index in [0.29, 0.717) is 22.3 Å². The molecule has 2 aromatic rings. The van der Waals surface area contributed by atoms with E-state index in [1.165, 1.54) is 32.4 Å². The lowest BCUT2D eigenvalue weighted by Crippen LogP contribution is -2.06. The molecule has 4 N–H and O–H groups in total. The third-order valence-electron chi connectivity index (χ3n) is 4.05. The highest BCUT2D eigenvalue weighted by Crippen LogP contribution is 2.17. The van der Waals surface area contributed by atoms with Crippen LogP contribution in [0.1, 0.15) is 52.6 Å². The third kappa shape index (κ3) is 8.54. The number of carboxylic acid groups (broad SMARTS) is 2. The predicted octanol–water partition coefficient (Wildman–Crippen LogP) is 1.93. The van der Waals surface area contributed by atoms with Crippen LogP contribution in [0.4, 0.5) is 0 Å². The lowest BCUT2D eigenvalue weighted by Gasteiger charge is -2.07. The first-order chi connectivity index (χ1) is 15.0. The van der Waals surface area contributed by atoms with Gasteiger partial charge < -0.3 is 29.9 Å². The van der Waals surface area contributed by atoms with Gasteiger partial charge in [0.1, 0.15) is 0 Å². The molecule has 0 radical (unpaired) electrons. The van der Waals surface area contributed by atoms with Crippen molar-refractivity contribution in [2.75, 3.05) is 27.4 Å². The van der Waals surface area contributed by atoms with E-state index < -0.39 is 23.9 Å². The molecule has 32 heavy (non-hydrogen) atoms. The van der Waals surface area contributed by atoms with Gasteiger partial charge in [0.05, 0.1) is 49.7 Å². The number of ether oxygens (including phenoxy) is 2. The average Bonchev–Trinajstić information content (AvgIpc) is 2.79. The molecule has 0 aliphatic heterocycles. The maximum absolute atomic E-state index is 11.1. The Hall–Kier alpha value is -3.76. The Balaban J connectivity index is 0.000000515. The minimum atomic E-state index is -1.04. The van der Waals surface area contributed by atoms with Crippen molar-refractivity contribution in [2.24, 2.45) is 0 Å². The van der Waals surface area contributed by atoms with E-state index in [1.54, 1.807) is 32.0 Å². The lowest BCUT2D eigenvalue weighted by atomic mass is 9.98. The molecule has 0 aliphatic rings. The van der Waals surface area contributed by atoms with Crippen molar-refractivity contribution in [1.82, 2.24) is 0 Å². The number of methoxy groups -OCH3 is 2. The summed E-state index contributed by atoms with van der Waals surface area (Å²) in [6.07, 6.45) is 0. The number of aliphatic hydroxyl groups is 2. The van der Waals surface area contributed by atoms with Gasteiger partial charge >= 0.3 is 23.9 Å². The van der Waals surface area contributed by atoms with Crippen LogP contribution in [0.3, 0.4) is 0 Å². The Morgan fingerprint density at radius 2 is 1.06 bits per heavy atom. The number of benzene rings is 2. The smallest absolute Gasteiger partial charge is 0.337 e. The lowest BCUT2D eigenvalue weighted by molar-refractivity contribution is 0.0596. The van der Waals surface area contributed by atoms with Gasteiger partial charge in [-0.15, -0.1) is 0 Å². The molecule has 0 aliphatic carbocycles. The summed E-state index contributed by atoms with van der Waals surface area (Å²) in [5, 5.41) is 32.8. The van der Waals surface area contributed by atoms with Gasteiger partial charge in [-0.3, -0.25) is 0 Å². The molecule has 0 amide bonds. The molecule has 0 atom stereocenters. The number of aliphatic hydroxyl groups excluding tert-OH is 2. The van der Waals surface area contributed by atoms with Gasteiger partial charge in [-0.05, 0) is 55.3 Å². The van der Waals surface area contributed by atoms with E-state index in [0.717, 1.165) is 0 Å². The van der Waals surface area contributed by atoms with Gasteiger partial charge in [-0.1, -0.05) is 6.07 Å². The number of carbonyl (C=O) groups excluding carboxylic acids is 2.